The Morgan fingerprint density at radius 2 is 1.15 bits per heavy atom. The molecule has 0 atom stereocenters. The van der Waals surface area contributed by atoms with Gasteiger partial charge in [-0.2, -0.15) is 0 Å². The monoisotopic (exact) mass is 725 g/mol. The highest BCUT2D eigenvalue weighted by Gasteiger charge is 2.29. The Hall–Kier alpha value is -6.77. The Morgan fingerprint density at radius 1 is 0.630 bits per heavy atom. The van der Waals surface area contributed by atoms with Crippen LogP contribution in [0.5, 0.6) is 0 Å². The fraction of sp³-hybridized carbons (Fsp3) is 0.205. The van der Waals surface area contributed by atoms with Gasteiger partial charge < -0.3 is 9.97 Å². The van der Waals surface area contributed by atoms with Crippen molar-refractivity contribution in [3.05, 3.63) is 144 Å². The lowest BCUT2D eigenvalue weighted by atomic mass is 9.84. The third-order valence-electron chi connectivity index (χ3n) is 10.2. The molecule has 15 heteroatoms. The molecule has 1 aromatic carbocycles. The van der Waals surface area contributed by atoms with Crippen LogP contribution >= 0.6 is 0 Å². The quantitative estimate of drug-likeness (QED) is 0.224. The summed E-state index contributed by atoms with van der Waals surface area (Å²) in [6.07, 6.45) is 11.9. The summed E-state index contributed by atoms with van der Waals surface area (Å²) in [5, 5.41) is -0.158. The Labute approximate surface area is 302 Å². The summed E-state index contributed by atoms with van der Waals surface area (Å²) in [6.45, 7) is 0. The SMILES string of the molecule is O=c1c2ncccc2[nH]c2nc(C3CCC3)n(-c3ccc(F)cc3F)c(=O)c12.O=c1c2ncccc2[nH]c2nc(C3CCC3)n(-c3ccncc3)c(=O)c12. The van der Waals surface area contributed by atoms with E-state index in [4.69, 9.17) is 4.98 Å². The maximum atomic E-state index is 14.5. The molecule has 0 unspecified atom stereocenters. The topological polar surface area (TPSA) is 174 Å². The molecule has 2 N–H and O–H groups in total. The van der Waals surface area contributed by atoms with Crippen molar-refractivity contribution in [3.63, 3.8) is 0 Å². The van der Waals surface area contributed by atoms with E-state index in [1.807, 2.05) is 0 Å². The number of rotatable bonds is 4. The van der Waals surface area contributed by atoms with Crippen LogP contribution in [0.15, 0.2) is 98.6 Å². The number of pyridine rings is 5. The van der Waals surface area contributed by atoms with Gasteiger partial charge in [-0.05, 0) is 74.2 Å². The molecule has 2 saturated carbocycles. The summed E-state index contributed by atoms with van der Waals surface area (Å²) in [6, 6.07) is 13.3. The zero-order chi connectivity index (χ0) is 37.1. The van der Waals surface area contributed by atoms with E-state index in [2.05, 4.69) is 29.9 Å². The average Bonchev–Trinajstić information content (AvgIpc) is 3.12. The lowest BCUT2D eigenvalue weighted by molar-refractivity contribution is 0.393. The Balaban J connectivity index is 0.000000143. The predicted molar refractivity (Wildman–Crippen MR) is 197 cm³/mol. The van der Waals surface area contributed by atoms with Gasteiger partial charge in [0.25, 0.3) is 11.1 Å². The smallest absolute Gasteiger partial charge is 0.271 e. The van der Waals surface area contributed by atoms with E-state index in [1.165, 1.54) is 12.3 Å². The fourth-order valence-electron chi connectivity index (χ4n) is 7.05. The van der Waals surface area contributed by atoms with Crippen LogP contribution in [0.4, 0.5) is 8.78 Å². The summed E-state index contributed by atoms with van der Waals surface area (Å²) >= 11 is 0. The maximum absolute atomic E-state index is 14.5. The average molecular weight is 726 g/mol. The second-order valence-electron chi connectivity index (χ2n) is 13.4. The number of hydrogen-bond donors (Lipinski definition) is 2. The zero-order valence-corrected chi connectivity index (χ0v) is 28.4. The predicted octanol–water partition coefficient (Wildman–Crippen LogP) is 5.45. The molecule has 8 aromatic rings. The van der Waals surface area contributed by atoms with Crippen LogP contribution < -0.4 is 22.0 Å². The van der Waals surface area contributed by atoms with Crippen molar-refractivity contribution in [2.75, 3.05) is 0 Å². The highest BCUT2D eigenvalue weighted by atomic mass is 19.1. The molecule has 2 fully saturated rings. The number of benzene rings is 1. The first-order valence-corrected chi connectivity index (χ1v) is 17.5. The lowest BCUT2D eigenvalue weighted by Crippen LogP contribution is -2.31. The van der Waals surface area contributed by atoms with Gasteiger partial charge in [0.15, 0.2) is 0 Å². The van der Waals surface area contributed by atoms with E-state index in [0.29, 0.717) is 40.1 Å². The van der Waals surface area contributed by atoms with E-state index in [-0.39, 0.29) is 50.5 Å². The summed E-state index contributed by atoms with van der Waals surface area (Å²) in [5.74, 6) is -0.393. The summed E-state index contributed by atoms with van der Waals surface area (Å²) < 4.78 is 30.6. The van der Waals surface area contributed by atoms with Gasteiger partial charge in [-0.25, -0.2) is 18.7 Å². The minimum absolute atomic E-state index is 0.0327. The van der Waals surface area contributed by atoms with E-state index < -0.39 is 28.1 Å². The molecular weight excluding hydrogens is 696 g/mol. The van der Waals surface area contributed by atoms with Crippen molar-refractivity contribution >= 4 is 44.1 Å². The Kier molecular flexibility index (Phi) is 7.98. The number of aromatic nitrogens is 9. The van der Waals surface area contributed by atoms with Gasteiger partial charge in [0.1, 0.15) is 56.4 Å². The van der Waals surface area contributed by atoms with Gasteiger partial charge in [0.2, 0.25) is 10.9 Å². The van der Waals surface area contributed by atoms with Gasteiger partial charge in [-0.15, -0.1) is 0 Å². The van der Waals surface area contributed by atoms with E-state index in [1.54, 1.807) is 59.6 Å². The maximum Gasteiger partial charge on any atom is 0.271 e. The number of nitrogens with zero attached hydrogens (tertiary/aromatic N) is 7. The Morgan fingerprint density at radius 3 is 1.65 bits per heavy atom. The number of hydrogen-bond acceptors (Lipinski definition) is 9. The molecule has 0 bridgehead atoms. The van der Waals surface area contributed by atoms with Gasteiger partial charge in [0.05, 0.1) is 22.4 Å². The van der Waals surface area contributed by atoms with Gasteiger partial charge in [-0.3, -0.25) is 43.3 Å². The molecule has 0 amide bonds. The van der Waals surface area contributed by atoms with Crippen molar-refractivity contribution in [2.24, 2.45) is 0 Å². The standard InChI is InChI=1S/C20H14F2N4O2.C19H15N5O2/c21-11-6-7-14(12(22)9-11)26-19(10-3-1-4-10)25-18-15(20(26)28)17(27)16-13(24-18)5-2-8-23-16;25-16-14-17(22-13-5-2-8-21-15(13)16)23-18(11-3-1-4-11)24(19(14)26)12-6-9-20-10-7-12/h2,5-10H,1,3-4H2,(H,24,27);2,5-11H,1,3-4H2,(H,22,25). The third kappa shape index (κ3) is 5.38. The minimum Gasteiger partial charge on any atom is -0.337 e. The van der Waals surface area contributed by atoms with Crippen LogP contribution in [0.25, 0.3) is 55.5 Å². The van der Waals surface area contributed by atoms with Crippen molar-refractivity contribution in [1.82, 2.24) is 44.0 Å². The molecule has 2 aliphatic carbocycles. The molecule has 2 aliphatic rings. The van der Waals surface area contributed by atoms with Crippen molar-refractivity contribution in [3.8, 4) is 11.4 Å². The molecule has 0 spiro atoms. The normalized spacial score (nSPS) is 14.6. The number of fused-ring (bicyclic) bond motifs is 4. The van der Waals surface area contributed by atoms with Gasteiger partial charge in [0, 0.05) is 42.7 Å². The highest BCUT2D eigenvalue weighted by Crippen LogP contribution is 2.37. The van der Waals surface area contributed by atoms with E-state index in [0.717, 1.165) is 49.2 Å². The molecule has 10 rings (SSSR count). The van der Waals surface area contributed by atoms with Crippen LogP contribution in [0.1, 0.15) is 62.0 Å². The molecule has 54 heavy (non-hydrogen) atoms. The number of aromatic amines is 2. The number of H-pyrrole nitrogens is 2. The first kappa shape index (κ1) is 33.1. The lowest BCUT2D eigenvalue weighted by Gasteiger charge is -2.27. The molecule has 7 heterocycles. The fourth-order valence-corrected chi connectivity index (χ4v) is 7.05. The van der Waals surface area contributed by atoms with Crippen LogP contribution in [-0.2, 0) is 0 Å². The van der Waals surface area contributed by atoms with Crippen LogP contribution in [-0.4, -0.2) is 44.0 Å². The van der Waals surface area contributed by atoms with Crippen LogP contribution in [0.2, 0.25) is 0 Å². The molecule has 0 saturated heterocycles. The molecular formula is C39H29F2N9O4. The molecule has 0 aliphatic heterocycles. The van der Waals surface area contributed by atoms with Gasteiger partial charge in [-0.1, -0.05) is 12.8 Å². The van der Waals surface area contributed by atoms with Crippen molar-refractivity contribution < 1.29 is 8.78 Å². The summed E-state index contributed by atoms with van der Waals surface area (Å²) in [7, 11) is 0. The molecule has 13 nitrogen and oxygen atoms in total. The summed E-state index contributed by atoms with van der Waals surface area (Å²) in [4.78, 5) is 80.0. The number of nitrogens with one attached hydrogen (secondary N) is 2. The van der Waals surface area contributed by atoms with Gasteiger partial charge >= 0.3 is 0 Å². The van der Waals surface area contributed by atoms with Crippen molar-refractivity contribution in [2.45, 2.75) is 50.4 Å². The Bertz CT molecular complexity index is 3040. The van der Waals surface area contributed by atoms with E-state index in [9.17, 15) is 28.0 Å². The van der Waals surface area contributed by atoms with Crippen molar-refractivity contribution in [1.29, 1.82) is 0 Å². The minimum atomic E-state index is -0.890. The second kappa shape index (κ2) is 13.0. The summed E-state index contributed by atoms with van der Waals surface area (Å²) in [5.41, 5.74) is 0.411. The molecule has 7 aromatic heterocycles. The molecule has 268 valence electrons. The first-order valence-electron chi connectivity index (χ1n) is 17.5. The number of halogens is 2. The van der Waals surface area contributed by atoms with Crippen LogP contribution in [0, 0.1) is 11.6 Å². The molecule has 0 radical (unpaired) electrons. The first-order chi connectivity index (χ1) is 26.3. The zero-order valence-electron chi connectivity index (χ0n) is 28.4. The van der Waals surface area contributed by atoms with Crippen LogP contribution in [0.3, 0.4) is 0 Å². The van der Waals surface area contributed by atoms with E-state index >= 15 is 0 Å². The second-order valence-corrected chi connectivity index (χ2v) is 13.4. The largest absolute Gasteiger partial charge is 0.337 e. The highest BCUT2D eigenvalue weighted by molar-refractivity contribution is 5.89. The third-order valence-corrected chi connectivity index (χ3v) is 10.2.